The molecule has 2 aromatic rings. The average Bonchev–Trinajstić information content (AvgIpc) is 3.13. The first kappa shape index (κ1) is 46.5. The van der Waals surface area contributed by atoms with Crippen LogP contribution in [0.15, 0.2) is 48.5 Å². The number of nitrogens with zero attached hydrogens (tertiary/aromatic N) is 2. The number of amides is 2. The molecule has 2 aromatic carbocycles. The van der Waals surface area contributed by atoms with Crippen molar-refractivity contribution in [1.82, 2.24) is 9.80 Å². The van der Waals surface area contributed by atoms with Gasteiger partial charge in [-0.05, 0) is 108 Å². The Bertz CT molecular complexity index is 1110. The van der Waals surface area contributed by atoms with Gasteiger partial charge in [-0.25, -0.2) is 0 Å². The summed E-state index contributed by atoms with van der Waals surface area (Å²) in [7, 11) is 4.35. The highest BCUT2D eigenvalue weighted by molar-refractivity contribution is 5.91. The van der Waals surface area contributed by atoms with E-state index in [-0.39, 0.29) is 11.8 Å². The zero-order valence-electron chi connectivity index (χ0n) is 34.8. The Morgan fingerprint density at radius 3 is 1.13 bits per heavy atom. The fraction of sp³-hybridized carbons (Fsp3) is 0.702. The number of benzene rings is 2. The van der Waals surface area contributed by atoms with Crippen molar-refractivity contribution in [3.8, 4) is 0 Å². The van der Waals surface area contributed by atoms with E-state index in [9.17, 15) is 9.59 Å². The van der Waals surface area contributed by atoms with Gasteiger partial charge in [-0.3, -0.25) is 9.59 Å². The van der Waals surface area contributed by atoms with Crippen molar-refractivity contribution < 1.29 is 9.59 Å². The Hall–Kier alpha value is -2.70. The summed E-state index contributed by atoms with van der Waals surface area (Å²) in [6.45, 7) is 8.68. The molecule has 0 unspecified atom stereocenters. The third-order valence-electron chi connectivity index (χ3n) is 10.5. The fourth-order valence-electron chi connectivity index (χ4n) is 7.18. The van der Waals surface area contributed by atoms with E-state index in [1.807, 2.05) is 24.3 Å². The predicted molar refractivity (Wildman–Crippen MR) is 230 cm³/mol. The van der Waals surface area contributed by atoms with Crippen LogP contribution in [-0.4, -0.2) is 61.9 Å². The highest BCUT2D eigenvalue weighted by atomic mass is 16.2. The first-order chi connectivity index (χ1) is 25.9. The van der Waals surface area contributed by atoms with Gasteiger partial charge in [0, 0.05) is 24.2 Å². The molecule has 0 heterocycles. The number of carbonyl (C=O) groups is 2. The molecule has 0 radical (unpaired) electrons. The molecule has 2 N–H and O–H groups in total. The minimum atomic E-state index is 0.0733. The van der Waals surface area contributed by atoms with E-state index in [0.29, 0.717) is 12.8 Å². The van der Waals surface area contributed by atoms with Gasteiger partial charge in [0.25, 0.3) is 0 Å². The molecule has 2 rings (SSSR count). The van der Waals surface area contributed by atoms with Crippen molar-refractivity contribution in [2.75, 3.05) is 50.9 Å². The number of hydrogen-bond donors (Lipinski definition) is 2. The van der Waals surface area contributed by atoms with E-state index in [4.69, 9.17) is 0 Å². The molecule has 0 saturated heterocycles. The van der Waals surface area contributed by atoms with E-state index in [0.717, 1.165) is 67.9 Å². The minimum Gasteiger partial charge on any atom is -0.326 e. The summed E-state index contributed by atoms with van der Waals surface area (Å²) in [5.41, 5.74) is 3.95. The Balaban J connectivity index is 1.58. The normalized spacial score (nSPS) is 11.4. The Kier molecular flexibility index (Phi) is 27.7. The lowest BCUT2D eigenvalue weighted by atomic mass is 10.0. The third-order valence-corrected chi connectivity index (χ3v) is 10.5. The summed E-state index contributed by atoms with van der Waals surface area (Å²) < 4.78 is 0. The Morgan fingerprint density at radius 1 is 0.453 bits per heavy atom. The SMILES string of the molecule is CCCCCCCCCCCCN(C)CCCC(=O)Nc1cccc(Cc2cccc(NC(=O)CCCN(C)CCCCCCCCCCCC)c2)c1. The lowest BCUT2D eigenvalue weighted by Gasteiger charge is -2.16. The molecule has 0 atom stereocenters. The van der Waals surface area contributed by atoms with Gasteiger partial charge in [0.15, 0.2) is 0 Å². The summed E-state index contributed by atoms with van der Waals surface area (Å²) >= 11 is 0. The van der Waals surface area contributed by atoms with Crippen LogP contribution in [-0.2, 0) is 16.0 Å². The second-order valence-electron chi connectivity index (χ2n) is 15.9. The monoisotopic (exact) mass is 733 g/mol. The van der Waals surface area contributed by atoms with Crippen molar-refractivity contribution in [3.05, 3.63) is 59.7 Å². The number of rotatable bonds is 34. The molecular formula is C47H80N4O2. The van der Waals surface area contributed by atoms with Gasteiger partial charge in [-0.1, -0.05) is 154 Å². The van der Waals surface area contributed by atoms with Crippen LogP contribution in [0.5, 0.6) is 0 Å². The largest absolute Gasteiger partial charge is 0.326 e. The number of anilines is 2. The van der Waals surface area contributed by atoms with Crippen molar-refractivity contribution in [1.29, 1.82) is 0 Å². The Labute approximate surface area is 326 Å². The van der Waals surface area contributed by atoms with Gasteiger partial charge in [0.1, 0.15) is 0 Å². The van der Waals surface area contributed by atoms with E-state index in [1.165, 1.54) is 128 Å². The van der Waals surface area contributed by atoms with Crippen molar-refractivity contribution in [2.45, 2.75) is 174 Å². The minimum absolute atomic E-state index is 0.0733. The van der Waals surface area contributed by atoms with Crippen LogP contribution < -0.4 is 10.6 Å². The second kappa shape index (κ2) is 31.6. The molecule has 0 aliphatic carbocycles. The van der Waals surface area contributed by atoms with E-state index in [1.54, 1.807) is 0 Å². The summed E-state index contributed by atoms with van der Waals surface area (Å²) in [4.78, 5) is 30.2. The first-order valence-corrected chi connectivity index (χ1v) is 22.0. The number of carbonyl (C=O) groups excluding carboxylic acids is 2. The molecule has 300 valence electrons. The maximum absolute atomic E-state index is 12.7. The summed E-state index contributed by atoms with van der Waals surface area (Å²) in [6, 6.07) is 16.2. The molecular weight excluding hydrogens is 653 g/mol. The maximum atomic E-state index is 12.7. The lowest BCUT2D eigenvalue weighted by molar-refractivity contribution is -0.117. The van der Waals surface area contributed by atoms with Crippen LogP contribution >= 0.6 is 0 Å². The van der Waals surface area contributed by atoms with Crippen molar-refractivity contribution >= 4 is 23.2 Å². The molecule has 0 aromatic heterocycles. The smallest absolute Gasteiger partial charge is 0.224 e. The van der Waals surface area contributed by atoms with Crippen LogP contribution in [0.25, 0.3) is 0 Å². The van der Waals surface area contributed by atoms with E-state index < -0.39 is 0 Å². The van der Waals surface area contributed by atoms with Gasteiger partial charge in [0.2, 0.25) is 11.8 Å². The van der Waals surface area contributed by atoms with Crippen LogP contribution in [0.1, 0.15) is 179 Å². The molecule has 0 aliphatic rings. The van der Waals surface area contributed by atoms with Crippen LogP contribution in [0.4, 0.5) is 11.4 Å². The molecule has 0 aliphatic heterocycles. The quantitative estimate of drug-likeness (QED) is 0.0703. The molecule has 6 nitrogen and oxygen atoms in total. The molecule has 0 fully saturated rings. The summed E-state index contributed by atoms with van der Waals surface area (Å²) in [5.74, 6) is 0.147. The Morgan fingerprint density at radius 2 is 0.774 bits per heavy atom. The maximum Gasteiger partial charge on any atom is 0.224 e. The highest BCUT2D eigenvalue weighted by Gasteiger charge is 2.08. The number of unbranched alkanes of at least 4 members (excludes halogenated alkanes) is 18. The van der Waals surface area contributed by atoms with Crippen molar-refractivity contribution in [2.24, 2.45) is 0 Å². The van der Waals surface area contributed by atoms with Crippen LogP contribution in [0, 0.1) is 0 Å². The molecule has 0 saturated carbocycles. The van der Waals surface area contributed by atoms with Gasteiger partial charge in [0.05, 0.1) is 0 Å². The number of hydrogen-bond acceptors (Lipinski definition) is 4. The average molecular weight is 733 g/mol. The van der Waals surface area contributed by atoms with Crippen LogP contribution in [0.2, 0.25) is 0 Å². The van der Waals surface area contributed by atoms with Gasteiger partial charge in [-0.2, -0.15) is 0 Å². The second-order valence-corrected chi connectivity index (χ2v) is 15.9. The summed E-state index contributed by atoms with van der Waals surface area (Å²) in [6.07, 6.45) is 30.7. The van der Waals surface area contributed by atoms with Gasteiger partial charge < -0.3 is 20.4 Å². The number of nitrogens with one attached hydrogen (secondary N) is 2. The van der Waals surface area contributed by atoms with E-state index in [2.05, 4.69) is 72.6 Å². The molecule has 53 heavy (non-hydrogen) atoms. The molecule has 0 spiro atoms. The molecule has 2 amide bonds. The highest BCUT2D eigenvalue weighted by Crippen LogP contribution is 2.19. The topological polar surface area (TPSA) is 64.7 Å². The standard InChI is InChI=1S/C47H80N4O2/c1-5-7-9-11-13-15-17-19-21-23-35-50(3)37-27-33-46(52)48-44-31-25-29-42(40-44)39-43-30-26-32-45(41-43)49-47(53)34-28-38-51(4)36-24-22-20-18-16-14-12-10-8-6-2/h25-26,29-32,40-41H,5-24,27-28,33-39H2,1-4H3,(H,48,52)(H,49,53). The zero-order chi connectivity index (χ0) is 38.2. The van der Waals surface area contributed by atoms with Gasteiger partial charge in [-0.15, -0.1) is 0 Å². The van der Waals surface area contributed by atoms with E-state index >= 15 is 0 Å². The fourth-order valence-corrected chi connectivity index (χ4v) is 7.18. The van der Waals surface area contributed by atoms with Crippen LogP contribution in [0.3, 0.4) is 0 Å². The third kappa shape index (κ3) is 25.9. The van der Waals surface area contributed by atoms with Gasteiger partial charge >= 0.3 is 0 Å². The molecule has 0 bridgehead atoms. The summed E-state index contributed by atoms with van der Waals surface area (Å²) in [5, 5.41) is 6.21. The first-order valence-electron chi connectivity index (χ1n) is 22.0. The zero-order valence-corrected chi connectivity index (χ0v) is 34.8. The van der Waals surface area contributed by atoms with Crippen molar-refractivity contribution in [3.63, 3.8) is 0 Å². The lowest BCUT2D eigenvalue weighted by Crippen LogP contribution is -2.22. The predicted octanol–water partition coefficient (Wildman–Crippen LogP) is 12.4. The molecule has 6 heteroatoms.